The summed E-state index contributed by atoms with van der Waals surface area (Å²) in [6.45, 7) is 3.39. The van der Waals surface area contributed by atoms with Gasteiger partial charge < -0.3 is 10.4 Å². The van der Waals surface area contributed by atoms with Gasteiger partial charge in [-0.3, -0.25) is 0 Å². The number of rotatable bonds is 3. The number of benzene rings is 1. The predicted octanol–water partition coefficient (Wildman–Crippen LogP) is 2.99. The molecule has 1 fully saturated rings. The summed E-state index contributed by atoms with van der Waals surface area (Å²) >= 11 is 0. The molecule has 18 heavy (non-hydrogen) atoms. The van der Waals surface area contributed by atoms with E-state index >= 15 is 0 Å². The van der Waals surface area contributed by atoms with E-state index in [1.165, 1.54) is 24.0 Å². The molecule has 0 spiro atoms. The Hall–Kier alpha value is -0.860. The van der Waals surface area contributed by atoms with E-state index in [1.54, 1.807) is 0 Å². The van der Waals surface area contributed by atoms with Crippen LogP contribution in [0.5, 0.6) is 0 Å². The standard InChI is InChI=1S/C16H23NO/c1-11-6-7-16(15-5-3-2-4-14(11)15)17-10-12-8-13(18)9-12/h2-5,11-13,16-18H,6-10H2,1H3. The molecule has 1 saturated carbocycles. The van der Waals surface area contributed by atoms with Crippen LogP contribution in [0.1, 0.15) is 55.7 Å². The topological polar surface area (TPSA) is 32.3 Å². The first-order chi connectivity index (χ1) is 8.74. The third-order valence-electron chi connectivity index (χ3n) is 4.65. The molecule has 0 heterocycles. The van der Waals surface area contributed by atoms with Crippen molar-refractivity contribution in [2.45, 2.75) is 50.7 Å². The highest BCUT2D eigenvalue weighted by Crippen LogP contribution is 2.37. The lowest BCUT2D eigenvalue weighted by molar-refractivity contribution is 0.0415. The van der Waals surface area contributed by atoms with Gasteiger partial charge in [0.2, 0.25) is 0 Å². The third-order valence-corrected chi connectivity index (χ3v) is 4.65. The fourth-order valence-electron chi connectivity index (χ4n) is 3.39. The van der Waals surface area contributed by atoms with Crippen molar-refractivity contribution in [2.24, 2.45) is 5.92 Å². The van der Waals surface area contributed by atoms with Crippen LogP contribution in [-0.2, 0) is 0 Å². The Morgan fingerprint density at radius 2 is 1.89 bits per heavy atom. The zero-order valence-corrected chi connectivity index (χ0v) is 11.1. The predicted molar refractivity (Wildman–Crippen MR) is 73.6 cm³/mol. The molecule has 2 aliphatic rings. The van der Waals surface area contributed by atoms with E-state index in [-0.39, 0.29) is 6.10 Å². The summed E-state index contributed by atoms with van der Waals surface area (Å²) in [7, 11) is 0. The number of aliphatic hydroxyl groups is 1. The van der Waals surface area contributed by atoms with E-state index < -0.39 is 0 Å². The molecule has 2 unspecified atom stereocenters. The molecule has 0 saturated heterocycles. The van der Waals surface area contributed by atoms with Crippen LogP contribution in [0.4, 0.5) is 0 Å². The van der Waals surface area contributed by atoms with Gasteiger partial charge in [0.15, 0.2) is 0 Å². The molecule has 2 heteroatoms. The second-order valence-corrected chi connectivity index (χ2v) is 6.06. The molecule has 1 aromatic carbocycles. The van der Waals surface area contributed by atoms with Gasteiger partial charge in [-0.15, -0.1) is 0 Å². The zero-order valence-electron chi connectivity index (χ0n) is 11.1. The largest absolute Gasteiger partial charge is 0.393 e. The van der Waals surface area contributed by atoms with E-state index in [4.69, 9.17) is 0 Å². The van der Waals surface area contributed by atoms with Crippen molar-refractivity contribution in [3.8, 4) is 0 Å². The maximum Gasteiger partial charge on any atom is 0.0546 e. The minimum atomic E-state index is -0.0320. The summed E-state index contributed by atoms with van der Waals surface area (Å²) in [5.74, 6) is 1.39. The van der Waals surface area contributed by atoms with Crippen molar-refractivity contribution in [3.05, 3.63) is 35.4 Å². The molecule has 1 aromatic rings. The summed E-state index contributed by atoms with van der Waals surface area (Å²) in [6, 6.07) is 9.38. The first-order valence-corrected chi connectivity index (χ1v) is 7.24. The van der Waals surface area contributed by atoms with Crippen LogP contribution in [0.2, 0.25) is 0 Å². The van der Waals surface area contributed by atoms with Gasteiger partial charge in [-0.05, 0) is 55.2 Å². The number of fused-ring (bicyclic) bond motifs is 1. The molecule has 0 aliphatic heterocycles. The van der Waals surface area contributed by atoms with Crippen molar-refractivity contribution >= 4 is 0 Å². The Morgan fingerprint density at radius 3 is 2.61 bits per heavy atom. The van der Waals surface area contributed by atoms with Crippen molar-refractivity contribution in [1.29, 1.82) is 0 Å². The van der Waals surface area contributed by atoms with Crippen LogP contribution >= 0.6 is 0 Å². The zero-order chi connectivity index (χ0) is 12.5. The van der Waals surface area contributed by atoms with Crippen LogP contribution in [0.3, 0.4) is 0 Å². The second kappa shape index (κ2) is 5.02. The highest BCUT2D eigenvalue weighted by Gasteiger charge is 2.29. The van der Waals surface area contributed by atoms with E-state index in [0.29, 0.717) is 17.9 Å². The third kappa shape index (κ3) is 2.32. The average molecular weight is 245 g/mol. The van der Waals surface area contributed by atoms with Crippen molar-refractivity contribution in [3.63, 3.8) is 0 Å². The Labute approximate surface area is 109 Å². The van der Waals surface area contributed by atoms with Gasteiger partial charge in [0.25, 0.3) is 0 Å². The SMILES string of the molecule is CC1CCC(NCC2CC(O)C2)c2ccccc21. The van der Waals surface area contributed by atoms with Crippen molar-refractivity contribution < 1.29 is 5.11 Å². The van der Waals surface area contributed by atoms with Gasteiger partial charge in [0.05, 0.1) is 6.10 Å². The molecule has 0 radical (unpaired) electrons. The maximum atomic E-state index is 9.32. The lowest BCUT2D eigenvalue weighted by Crippen LogP contribution is -2.38. The summed E-state index contributed by atoms with van der Waals surface area (Å²) in [5.41, 5.74) is 3.02. The van der Waals surface area contributed by atoms with Gasteiger partial charge in [-0.2, -0.15) is 0 Å². The molecule has 98 valence electrons. The number of nitrogens with one attached hydrogen (secondary N) is 1. The number of hydrogen-bond donors (Lipinski definition) is 2. The second-order valence-electron chi connectivity index (χ2n) is 6.06. The summed E-state index contributed by atoms with van der Waals surface area (Å²) in [6.07, 6.45) is 4.46. The average Bonchev–Trinajstić information content (AvgIpc) is 2.36. The molecule has 0 aromatic heterocycles. The van der Waals surface area contributed by atoms with Gasteiger partial charge in [0.1, 0.15) is 0 Å². The first kappa shape index (κ1) is 12.2. The molecule has 2 N–H and O–H groups in total. The van der Waals surface area contributed by atoms with E-state index in [9.17, 15) is 5.11 Å². The van der Waals surface area contributed by atoms with Gasteiger partial charge in [0, 0.05) is 6.04 Å². The quantitative estimate of drug-likeness (QED) is 0.858. The maximum absolute atomic E-state index is 9.32. The highest BCUT2D eigenvalue weighted by molar-refractivity contribution is 5.34. The Bertz CT molecular complexity index is 411. The van der Waals surface area contributed by atoms with Crippen LogP contribution in [-0.4, -0.2) is 17.8 Å². The molecule has 0 amide bonds. The molecular formula is C16H23NO. The Morgan fingerprint density at radius 1 is 1.17 bits per heavy atom. The number of aliphatic hydroxyl groups excluding tert-OH is 1. The first-order valence-electron chi connectivity index (χ1n) is 7.24. The molecule has 3 rings (SSSR count). The molecule has 0 bridgehead atoms. The van der Waals surface area contributed by atoms with Gasteiger partial charge in [-0.25, -0.2) is 0 Å². The van der Waals surface area contributed by atoms with Crippen LogP contribution in [0.15, 0.2) is 24.3 Å². The fourth-order valence-corrected chi connectivity index (χ4v) is 3.39. The van der Waals surface area contributed by atoms with E-state index in [0.717, 1.165) is 19.4 Å². The van der Waals surface area contributed by atoms with Crippen LogP contribution in [0, 0.1) is 5.92 Å². The Kier molecular flexibility index (Phi) is 3.40. The lowest BCUT2D eigenvalue weighted by Gasteiger charge is -2.35. The lowest BCUT2D eigenvalue weighted by atomic mass is 9.79. The summed E-state index contributed by atoms with van der Waals surface area (Å²) in [5, 5.41) is 13.0. The normalized spacial score (nSPS) is 34.8. The monoisotopic (exact) mass is 245 g/mol. The van der Waals surface area contributed by atoms with Gasteiger partial charge >= 0.3 is 0 Å². The minimum Gasteiger partial charge on any atom is -0.393 e. The number of hydrogen-bond acceptors (Lipinski definition) is 2. The fraction of sp³-hybridized carbons (Fsp3) is 0.625. The van der Waals surface area contributed by atoms with Crippen LogP contribution < -0.4 is 5.32 Å². The van der Waals surface area contributed by atoms with Crippen LogP contribution in [0.25, 0.3) is 0 Å². The molecular weight excluding hydrogens is 222 g/mol. The van der Waals surface area contributed by atoms with E-state index in [2.05, 4.69) is 36.5 Å². The van der Waals surface area contributed by atoms with Gasteiger partial charge in [-0.1, -0.05) is 31.2 Å². The van der Waals surface area contributed by atoms with Crippen molar-refractivity contribution in [2.75, 3.05) is 6.54 Å². The molecule has 2 aliphatic carbocycles. The minimum absolute atomic E-state index is 0.0320. The Balaban J connectivity index is 1.65. The smallest absolute Gasteiger partial charge is 0.0546 e. The summed E-state index contributed by atoms with van der Waals surface area (Å²) in [4.78, 5) is 0. The highest BCUT2D eigenvalue weighted by atomic mass is 16.3. The van der Waals surface area contributed by atoms with Crippen molar-refractivity contribution in [1.82, 2.24) is 5.32 Å². The van der Waals surface area contributed by atoms with E-state index in [1.807, 2.05) is 0 Å². The summed E-state index contributed by atoms with van der Waals surface area (Å²) < 4.78 is 0. The molecule has 2 nitrogen and oxygen atoms in total. The molecule has 2 atom stereocenters.